The van der Waals surface area contributed by atoms with Crippen molar-refractivity contribution < 1.29 is 9.90 Å². The summed E-state index contributed by atoms with van der Waals surface area (Å²) >= 11 is 0. The second kappa shape index (κ2) is 5.66. The van der Waals surface area contributed by atoms with Crippen LogP contribution in [0.5, 0.6) is 0 Å². The number of aromatic nitrogens is 2. The summed E-state index contributed by atoms with van der Waals surface area (Å²) in [5.74, 6) is 1.24. The van der Waals surface area contributed by atoms with Crippen molar-refractivity contribution in [1.82, 2.24) is 9.97 Å². The van der Waals surface area contributed by atoms with E-state index in [4.69, 9.17) is 5.11 Å². The fourth-order valence-electron chi connectivity index (χ4n) is 1.88. The zero-order valence-electron chi connectivity index (χ0n) is 10.5. The van der Waals surface area contributed by atoms with Gasteiger partial charge in [0.25, 0.3) is 0 Å². The smallest absolute Gasteiger partial charge is 0.323 e. The third-order valence-electron chi connectivity index (χ3n) is 3.21. The predicted octanol–water partition coefficient (Wildman–Crippen LogP) is 1.21. The first-order valence-electron chi connectivity index (χ1n) is 6.14. The molecule has 98 valence electrons. The average molecular weight is 250 g/mol. The minimum absolute atomic E-state index is 0.0704. The number of nitrogens with one attached hydrogen (secondary N) is 1. The van der Waals surface area contributed by atoms with Crippen LogP contribution in [-0.4, -0.2) is 41.2 Å². The van der Waals surface area contributed by atoms with E-state index in [1.54, 1.807) is 18.0 Å². The summed E-state index contributed by atoms with van der Waals surface area (Å²) < 4.78 is 0. The Labute approximate surface area is 106 Å². The molecule has 6 heteroatoms. The van der Waals surface area contributed by atoms with E-state index in [9.17, 15) is 4.79 Å². The number of carboxylic acids is 1. The lowest BCUT2D eigenvalue weighted by molar-refractivity contribution is -0.135. The van der Waals surface area contributed by atoms with E-state index in [-0.39, 0.29) is 6.54 Å². The van der Waals surface area contributed by atoms with Crippen LogP contribution in [0.15, 0.2) is 12.4 Å². The van der Waals surface area contributed by atoms with Crippen LogP contribution in [-0.2, 0) is 4.79 Å². The van der Waals surface area contributed by atoms with Gasteiger partial charge in [-0.05, 0) is 18.8 Å². The number of aliphatic carboxylic acids is 1. The molecule has 1 aliphatic carbocycles. The summed E-state index contributed by atoms with van der Waals surface area (Å²) in [6, 6.07) is 1.78. The van der Waals surface area contributed by atoms with E-state index in [1.165, 1.54) is 25.6 Å². The highest BCUT2D eigenvalue weighted by Crippen LogP contribution is 2.26. The number of hydrogen-bond donors (Lipinski definition) is 2. The Kier molecular flexibility index (Phi) is 3.96. The molecule has 2 rings (SSSR count). The Hall–Kier alpha value is -1.85. The van der Waals surface area contributed by atoms with Crippen LogP contribution in [0.25, 0.3) is 0 Å². The Morgan fingerprint density at radius 1 is 1.56 bits per heavy atom. The number of anilines is 2. The molecule has 0 bridgehead atoms. The van der Waals surface area contributed by atoms with E-state index < -0.39 is 5.97 Å². The molecule has 0 spiro atoms. The van der Waals surface area contributed by atoms with E-state index >= 15 is 0 Å². The molecule has 2 N–H and O–H groups in total. The van der Waals surface area contributed by atoms with Crippen molar-refractivity contribution in [1.29, 1.82) is 0 Å². The third kappa shape index (κ3) is 3.32. The van der Waals surface area contributed by atoms with Crippen LogP contribution >= 0.6 is 0 Å². The number of likely N-dealkylation sites (N-methyl/N-ethyl adjacent to an activating group) is 1. The van der Waals surface area contributed by atoms with Gasteiger partial charge in [0.1, 0.15) is 24.5 Å². The normalized spacial score (nSPS) is 14.9. The van der Waals surface area contributed by atoms with Gasteiger partial charge in [-0.15, -0.1) is 0 Å². The fraction of sp³-hybridized carbons (Fsp3) is 0.583. The monoisotopic (exact) mass is 250 g/mol. The van der Waals surface area contributed by atoms with Crippen molar-refractivity contribution in [3.05, 3.63) is 12.4 Å². The zero-order chi connectivity index (χ0) is 13.0. The molecule has 0 aliphatic heterocycles. The van der Waals surface area contributed by atoms with Crippen LogP contribution in [0.2, 0.25) is 0 Å². The minimum Gasteiger partial charge on any atom is -0.480 e. The van der Waals surface area contributed by atoms with Gasteiger partial charge in [0.05, 0.1) is 0 Å². The van der Waals surface area contributed by atoms with Crippen molar-refractivity contribution in [2.75, 3.05) is 30.4 Å². The number of carboxylic acid groups (broad SMARTS) is 1. The molecule has 1 aromatic rings. The van der Waals surface area contributed by atoms with Gasteiger partial charge < -0.3 is 15.3 Å². The Morgan fingerprint density at radius 2 is 2.33 bits per heavy atom. The number of hydrogen-bond acceptors (Lipinski definition) is 5. The van der Waals surface area contributed by atoms with Gasteiger partial charge in [-0.1, -0.05) is 6.42 Å². The molecule has 0 aromatic carbocycles. The standard InChI is InChI=1S/C12H18N4O2/c1-16(7-12(17)18)11-5-10(14-8-15-11)13-6-9-3-2-4-9/h5,8-9H,2-4,6-7H2,1H3,(H,17,18)(H,13,14,15). The fourth-order valence-corrected chi connectivity index (χ4v) is 1.88. The third-order valence-corrected chi connectivity index (χ3v) is 3.21. The average Bonchev–Trinajstić information content (AvgIpc) is 2.26. The lowest BCUT2D eigenvalue weighted by Gasteiger charge is -2.25. The highest BCUT2D eigenvalue weighted by atomic mass is 16.4. The summed E-state index contributed by atoms with van der Waals surface area (Å²) in [5, 5.41) is 12.0. The van der Waals surface area contributed by atoms with Gasteiger partial charge in [-0.2, -0.15) is 0 Å². The number of nitrogens with zero attached hydrogens (tertiary/aromatic N) is 3. The van der Waals surface area contributed by atoms with Gasteiger partial charge in [0.2, 0.25) is 0 Å². The van der Waals surface area contributed by atoms with E-state index in [2.05, 4.69) is 15.3 Å². The maximum absolute atomic E-state index is 10.6. The lowest BCUT2D eigenvalue weighted by atomic mass is 9.85. The Morgan fingerprint density at radius 3 is 2.94 bits per heavy atom. The molecular formula is C12H18N4O2. The van der Waals surface area contributed by atoms with Gasteiger partial charge in [0, 0.05) is 19.7 Å². The molecule has 0 saturated heterocycles. The van der Waals surface area contributed by atoms with Gasteiger partial charge >= 0.3 is 5.97 Å². The SMILES string of the molecule is CN(CC(=O)O)c1cc(NCC2CCC2)ncn1. The molecule has 1 aliphatic rings. The quantitative estimate of drug-likeness (QED) is 0.790. The van der Waals surface area contributed by atoms with Gasteiger partial charge in [0.15, 0.2) is 0 Å². The summed E-state index contributed by atoms with van der Waals surface area (Å²) in [4.78, 5) is 20.4. The molecule has 1 fully saturated rings. The van der Waals surface area contributed by atoms with Crippen molar-refractivity contribution in [2.45, 2.75) is 19.3 Å². The number of rotatable bonds is 6. The van der Waals surface area contributed by atoms with Crippen LogP contribution in [0.1, 0.15) is 19.3 Å². The van der Waals surface area contributed by atoms with Crippen LogP contribution in [0.4, 0.5) is 11.6 Å². The highest BCUT2D eigenvalue weighted by molar-refractivity contribution is 5.73. The van der Waals surface area contributed by atoms with Crippen LogP contribution in [0.3, 0.4) is 0 Å². The Bertz CT molecular complexity index is 420. The molecular weight excluding hydrogens is 232 g/mol. The molecule has 1 aromatic heterocycles. The lowest BCUT2D eigenvalue weighted by Crippen LogP contribution is -2.26. The second-order valence-corrected chi connectivity index (χ2v) is 4.69. The van der Waals surface area contributed by atoms with Crippen molar-refractivity contribution in [3.8, 4) is 0 Å². The molecule has 0 radical (unpaired) electrons. The largest absolute Gasteiger partial charge is 0.480 e. The predicted molar refractivity (Wildman–Crippen MR) is 68.8 cm³/mol. The van der Waals surface area contributed by atoms with E-state index in [0.717, 1.165) is 18.3 Å². The summed E-state index contributed by atoms with van der Waals surface area (Å²) in [6.45, 7) is 0.859. The maximum Gasteiger partial charge on any atom is 0.323 e. The van der Waals surface area contributed by atoms with Crippen molar-refractivity contribution in [2.24, 2.45) is 5.92 Å². The second-order valence-electron chi connectivity index (χ2n) is 4.69. The maximum atomic E-state index is 10.6. The molecule has 0 atom stereocenters. The first-order chi connectivity index (χ1) is 8.65. The minimum atomic E-state index is -0.875. The van der Waals surface area contributed by atoms with E-state index in [1.807, 2.05) is 0 Å². The van der Waals surface area contributed by atoms with Crippen molar-refractivity contribution >= 4 is 17.6 Å². The summed E-state index contributed by atoms with van der Waals surface area (Å²) in [6.07, 6.45) is 5.34. The first-order valence-corrected chi connectivity index (χ1v) is 6.14. The van der Waals surface area contributed by atoms with Gasteiger partial charge in [-0.3, -0.25) is 4.79 Å². The molecule has 6 nitrogen and oxygen atoms in total. The first kappa shape index (κ1) is 12.6. The molecule has 18 heavy (non-hydrogen) atoms. The van der Waals surface area contributed by atoms with Crippen molar-refractivity contribution in [3.63, 3.8) is 0 Å². The topological polar surface area (TPSA) is 78.4 Å². The zero-order valence-corrected chi connectivity index (χ0v) is 10.5. The summed E-state index contributed by atoms with van der Waals surface area (Å²) in [5.41, 5.74) is 0. The molecule has 1 heterocycles. The molecule has 1 saturated carbocycles. The van der Waals surface area contributed by atoms with Crippen LogP contribution in [0, 0.1) is 5.92 Å². The van der Waals surface area contributed by atoms with Crippen LogP contribution < -0.4 is 10.2 Å². The van der Waals surface area contributed by atoms with E-state index in [0.29, 0.717) is 5.82 Å². The molecule has 0 unspecified atom stereocenters. The number of carbonyl (C=O) groups is 1. The summed E-state index contributed by atoms with van der Waals surface area (Å²) in [7, 11) is 1.70. The Balaban J connectivity index is 1.93. The highest BCUT2D eigenvalue weighted by Gasteiger charge is 2.17. The van der Waals surface area contributed by atoms with Gasteiger partial charge in [-0.25, -0.2) is 9.97 Å². The molecule has 0 amide bonds.